The standard InChI is InChI=1S/C12H29N3Si/c1-8-12-16(13(5)9-2,14(6)10-3)15(7)11-4/h8H,1,9-12H2,2-7H3. The lowest BCUT2D eigenvalue weighted by Gasteiger charge is -2.49. The highest BCUT2D eigenvalue weighted by Gasteiger charge is 2.44. The van der Waals surface area contributed by atoms with Gasteiger partial charge in [-0.2, -0.15) is 0 Å². The van der Waals surface area contributed by atoms with E-state index < -0.39 is 8.56 Å². The van der Waals surface area contributed by atoms with E-state index in [4.69, 9.17) is 0 Å². The summed E-state index contributed by atoms with van der Waals surface area (Å²) in [5.41, 5.74) is 0. The second kappa shape index (κ2) is 7.22. The van der Waals surface area contributed by atoms with Crippen molar-refractivity contribution in [2.24, 2.45) is 0 Å². The molecule has 4 heteroatoms. The van der Waals surface area contributed by atoms with Gasteiger partial charge in [0.2, 0.25) is 0 Å². The van der Waals surface area contributed by atoms with Crippen LogP contribution in [0.15, 0.2) is 12.7 Å². The monoisotopic (exact) mass is 243 g/mol. The SMILES string of the molecule is C=CC[Si](N(C)CC)(N(C)CC)N(C)CC. The first-order valence-electron chi connectivity index (χ1n) is 6.25. The second-order valence-electron chi connectivity index (χ2n) is 4.31. The highest BCUT2D eigenvalue weighted by molar-refractivity contribution is 6.72. The van der Waals surface area contributed by atoms with Crippen molar-refractivity contribution in [1.82, 2.24) is 13.7 Å². The quantitative estimate of drug-likeness (QED) is 0.477. The first-order chi connectivity index (χ1) is 7.50. The van der Waals surface area contributed by atoms with Gasteiger partial charge in [-0.15, -0.1) is 6.58 Å². The van der Waals surface area contributed by atoms with Gasteiger partial charge in [0.25, 0.3) is 8.56 Å². The Morgan fingerprint density at radius 1 is 0.875 bits per heavy atom. The molecule has 0 unspecified atom stereocenters. The van der Waals surface area contributed by atoms with E-state index >= 15 is 0 Å². The molecule has 0 aromatic heterocycles. The Morgan fingerprint density at radius 2 is 1.19 bits per heavy atom. The van der Waals surface area contributed by atoms with E-state index in [1.165, 1.54) is 0 Å². The van der Waals surface area contributed by atoms with Crippen LogP contribution in [0.25, 0.3) is 0 Å². The lowest BCUT2D eigenvalue weighted by Crippen LogP contribution is -2.72. The molecule has 3 nitrogen and oxygen atoms in total. The van der Waals surface area contributed by atoms with Crippen LogP contribution >= 0.6 is 0 Å². The van der Waals surface area contributed by atoms with Crippen LogP contribution in [0.3, 0.4) is 0 Å². The summed E-state index contributed by atoms with van der Waals surface area (Å²) in [6, 6.07) is 1.09. The molecular weight excluding hydrogens is 214 g/mol. The minimum atomic E-state index is -1.72. The summed E-state index contributed by atoms with van der Waals surface area (Å²) in [5, 5.41) is 0. The fourth-order valence-electron chi connectivity index (χ4n) is 2.30. The molecule has 0 heterocycles. The van der Waals surface area contributed by atoms with Crippen molar-refractivity contribution in [2.75, 3.05) is 40.8 Å². The molecule has 0 spiro atoms. The Morgan fingerprint density at radius 3 is 1.38 bits per heavy atom. The molecule has 0 saturated heterocycles. The summed E-state index contributed by atoms with van der Waals surface area (Å²) in [6.45, 7) is 13.9. The van der Waals surface area contributed by atoms with E-state index in [0.29, 0.717) is 0 Å². The average molecular weight is 243 g/mol. The van der Waals surface area contributed by atoms with Gasteiger partial charge < -0.3 is 13.7 Å². The Labute approximate surface area is 103 Å². The second-order valence-corrected chi connectivity index (χ2v) is 8.56. The van der Waals surface area contributed by atoms with Crippen molar-refractivity contribution in [1.29, 1.82) is 0 Å². The van der Waals surface area contributed by atoms with E-state index in [1.54, 1.807) is 0 Å². The minimum absolute atomic E-state index is 1.09. The van der Waals surface area contributed by atoms with Crippen molar-refractivity contribution in [3.8, 4) is 0 Å². The topological polar surface area (TPSA) is 9.72 Å². The van der Waals surface area contributed by atoms with Gasteiger partial charge in [0.15, 0.2) is 0 Å². The van der Waals surface area contributed by atoms with Gasteiger partial charge in [-0.25, -0.2) is 0 Å². The molecule has 0 saturated carbocycles. The zero-order valence-electron chi connectivity index (χ0n) is 12.0. The lowest BCUT2D eigenvalue weighted by atomic mass is 10.7. The summed E-state index contributed by atoms with van der Waals surface area (Å²) in [5.74, 6) is 0. The van der Waals surface area contributed by atoms with Crippen LogP contribution in [0.1, 0.15) is 20.8 Å². The minimum Gasteiger partial charge on any atom is -0.302 e. The molecule has 0 fully saturated rings. The molecule has 0 aliphatic carbocycles. The van der Waals surface area contributed by atoms with Gasteiger partial charge in [0, 0.05) is 6.04 Å². The van der Waals surface area contributed by atoms with Crippen LogP contribution < -0.4 is 0 Å². The fraction of sp³-hybridized carbons (Fsp3) is 0.833. The van der Waals surface area contributed by atoms with Crippen LogP contribution in [0.4, 0.5) is 0 Å². The molecule has 0 radical (unpaired) electrons. The van der Waals surface area contributed by atoms with Crippen LogP contribution in [-0.2, 0) is 0 Å². The smallest absolute Gasteiger partial charge is 0.292 e. The Kier molecular flexibility index (Phi) is 7.15. The molecule has 0 aromatic carbocycles. The first-order valence-corrected chi connectivity index (χ1v) is 8.30. The number of allylic oxidation sites excluding steroid dienone is 1. The highest BCUT2D eigenvalue weighted by Crippen LogP contribution is 2.21. The molecule has 0 aliphatic heterocycles. The summed E-state index contributed by atoms with van der Waals surface area (Å²) in [4.78, 5) is 0. The molecule has 0 aromatic rings. The largest absolute Gasteiger partial charge is 0.302 e. The third-order valence-corrected chi connectivity index (χ3v) is 9.13. The van der Waals surface area contributed by atoms with Crippen molar-refractivity contribution in [3.63, 3.8) is 0 Å². The van der Waals surface area contributed by atoms with Crippen LogP contribution in [0.2, 0.25) is 6.04 Å². The van der Waals surface area contributed by atoms with Crippen molar-refractivity contribution in [3.05, 3.63) is 12.7 Å². The third kappa shape index (κ3) is 2.94. The number of hydrogen-bond acceptors (Lipinski definition) is 3. The molecule has 0 N–H and O–H groups in total. The predicted octanol–water partition coefficient (Wildman–Crippen LogP) is 1.97. The van der Waals surface area contributed by atoms with E-state index in [0.717, 1.165) is 25.7 Å². The maximum atomic E-state index is 3.95. The van der Waals surface area contributed by atoms with E-state index in [9.17, 15) is 0 Å². The molecule has 0 bridgehead atoms. The summed E-state index contributed by atoms with van der Waals surface area (Å²) in [7, 11) is 5.01. The van der Waals surface area contributed by atoms with Crippen molar-refractivity contribution >= 4 is 8.56 Å². The molecule has 0 rings (SSSR count). The van der Waals surface area contributed by atoms with Gasteiger partial charge in [-0.3, -0.25) is 0 Å². The Balaban J connectivity index is 5.27. The predicted molar refractivity (Wildman–Crippen MR) is 75.7 cm³/mol. The highest BCUT2D eigenvalue weighted by atomic mass is 28.4. The molecule has 0 atom stereocenters. The molecule has 0 aliphatic rings. The van der Waals surface area contributed by atoms with E-state index in [-0.39, 0.29) is 0 Å². The number of rotatable bonds is 8. The Hall–Kier alpha value is -0.163. The van der Waals surface area contributed by atoms with Gasteiger partial charge in [-0.1, -0.05) is 26.8 Å². The van der Waals surface area contributed by atoms with Crippen LogP contribution in [0.5, 0.6) is 0 Å². The zero-order valence-corrected chi connectivity index (χ0v) is 13.0. The molecular formula is C12H29N3Si. The zero-order chi connectivity index (χ0) is 12.8. The third-order valence-electron chi connectivity index (χ3n) is 3.68. The van der Waals surface area contributed by atoms with Crippen LogP contribution in [-0.4, -0.2) is 63.0 Å². The van der Waals surface area contributed by atoms with Crippen molar-refractivity contribution < 1.29 is 0 Å². The van der Waals surface area contributed by atoms with Crippen LogP contribution in [0, 0.1) is 0 Å². The van der Waals surface area contributed by atoms with E-state index in [1.807, 2.05) is 0 Å². The molecule has 0 amide bonds. The molecule has 96 valence electrons. The first kappa shape index (κ1) is 15.8. The molecule has 16 heavy (non-hydrogen) atoms. The lowest BCUT2D eigenvalue weighted by molar-refractivity contribution is 0.318. The number of nitrogens with zero attached hydrogens (tertiary/aromatic N) is 3. The van der Waals surface area contributed by atoms with Gasteiger partial charge in [0.1, 0.15) is 0 Å². The fourth-order valence-corrected chi connectivity index (χ4v) is 6.89. The van der Waals surface area contributed by atoms with E-state index in [2.05, 4.69) is 68.3 Å². The number of hydrogen-bond donors (Lipinski definition) is 0. The average Bonchev–Trinajstić information content (AvgIpc) is 2.32. The maximum Gasteiger partial charge on any atom is 0.292 e. The van der Waals surface area contributed by atoms with Gasteiger partial charge in [0.05, 0.1) is 0 Å². The summed E-state index contributed by atoms with van der Waals surface area (Å²) in [6.07, 6.45) is 2.08. The van der Waals surface area contributed by atoms with Crippen molar-refractivity contribution in [2.45, 2.75) is 26.8 Å². The normalized spacial score (nSPS) is 12.8. The Bertz CT molecular complexity index is 182. The van der Waals surface area contributed by atoms with Gasteiger partial charge in [-0.05, 0) is 40.8 Å². The summed E-state index contributed by atoms with van der Waals surface area (Å²) < 4.78 is 7.59. The summed E-state index contributed by atoms with van der Waals surface area (Å²) >= 11 is 0. The van der Waals surface area contributed by atoms with Gasteiger partial charge >= 0.3 is 0 Å². The maximum absolute atomic E-state index is 3.95.